The number of hydrogen-bond acceptors (Lipinski definition) is 1. The molecule has 0 radical (unpaired) electrons. The summed E-state index contributed by atoms with van der Waals surface area (Å²) in [6, 6.07) is 19.7. The van der Waals surface area contributed by atoms with Crippen molar-refractivity contribution >= 4 is 5.78 Å². The molecule has 0 aromatic heterocycles. The highest BCUT2D eigenvalue weighted by atomic mass is 16.1. The number of rotatable bonds is 3. The van der Waals surface area contributed by atoms with Crippen molar-refractivity contribution in [3.8, 4) is 0 Å². The number of ketones is 1. The molecule has 0 heterocycles. The normalized spacial score (nSPS) is 17.6. The standard InChI is InChI=1S/C19H16O/c20-19(16-11-5-2-6-12-16)18-14-8-7-13-17(18)15-9-3-1-4-10-15/h1-12,14,17H,13H2/t17-/m0/s1. The summed E-state index contributed by atoms with van der Waals surface area (Å²) in [7, 11) is 0. The summed E-state index contributed by atoms with van der Waals surface area (Å²) in [5, 5.41) is 0. The number of benzene rings is 2. The Bertz CT molecular complexity index is 651. The maximum Gasteiger partial charge on any atom is 0.189 e. The molecule has 0 unspecified atom stereocenters. The second-order valence-corrected chi connectivity index (χ2v) is 4.94. The predicted molar refractivity (Wildman–Crippen MR) is 81.8 cm³/mol. The lowest BCUT2D eigenvalue weighted by molar-refractivity contribution is 0.102. The molecule has 3 rings (SSSR count). The van der Waals surface area contributed by atoms with E-state index in [0.717, 1.165) is 17.6 Å². The molecule has 1 heteroatoms. The van der Waals surface area contributed by atoms with Gasteiger partial charge in [0.2, 0.25) is 0 Å². The van der Waals surface area contributed by atoms with Crippen molar-refractivity contribution in [2.45, 2.75) is 12.3 Å². The van der Waals surface area contributed by atoms with Crippen LogP contribution in [0.4, 0.5) is 0 Å². The molecule has 0 saturated heterocycles. The van der Waals surface area contributed by atoms with Gasteiger partial charge in [-0.15, -0.1) is 0 Å². The Morgan fingerprint density at radius 3 is 2.25 bits per heavy atom. The second-order valence-electron chi connectivity index (χ2n) is 4.94. The van der Waals surface area contributed by atoms with Gasteiger partial charge in [-0.1, -0.05) is 78.9 Å². The van der Waals surface area contributed by atoms with Crippen LogP contribution in [0.15, 0.2) is 84.5 Å². The minimum atomic E-state index is 0.129. The summed E-state index contributed by atoms with van der Waals surface area (Å²) in [5.74, 6) is 0.290. The maximum absolute atomic E-state index is 12.7. The molecule has 20 heavy (non-hydrogen) atoms. The van der Waals surface area contributed by atoms with E-state index in [9.17, 15) is 4.79 Å². The number of allylic oxidation sites excluding steroid dienone is 4. The van der Waals surface area contributed by atoms with Gasteiger partial charge in [-0.25, -0.2) is 0 Å². The molecule has 0 spiro atoms. The average Bonchev–Trinajstić information content (AvgIpc) is 2.56. The Morgan fingerprint density at radius 1 is 0.900 bits per heavy atom. The van der Waals surface area contributed by atoms with Crippen LogP contribution >= 0.6 is 0 Å². The summed E-state index contributed by atoms with van der Waals surface area (Å²) in [5.41, 5.74) is 2.84. The molecular formula is C19H16O. The number of carbonyl (C=O) groups excluding carboxylic acids is 1. The first kappa shape index (κ1) is 12.6. The topological polar surface area (TPSA) is 17.1 Å². The zero-order chi connectivity index (χ0) is 13.8. The number of carbonyl (C=O) groups is 1. The van der Waals surface area contributed by atoms with Gasteiger partial charge >= 0.3 is 0 Å². The molecule has 1 aliphatic carbocycles. The lowest BCUT2D eigenvalue weighted by Gasteiger charge is -2.21. The van der Waals surface area contributed by atoms with E-state index in [2.05, 4.69) is 18.2 Å². The Kier molecular flexibility index (Phi) is 3.60. The van der Waals surface area contributed by atoms with Gasteiger partial charge in [-0.05, 0) is 12.0 Å². The van der Waals surface area contributed by atoms with Crippen molar-refractivity contribution < 1.29 is 4.79 Å². The SMILES string of the molecule is O=C(C1=CC=CC[C@H]1c1ccccc1)c1ccccc1. The fraction of sp³-hybridized carbons (Fsp3) is 0.105. The highest BCUT2D eigenvalue weighted by Gasteiger charge is 2.23. The van der Waals surface area contributed by atoms with E-state index in [1.54, 1.807) is 0 Å². The van der Waals surface area contributed by atoms with Crippen LogP contribution in [0.25, 0.3) is 0 Å². The van der Waals surface area contributed by atoms with E-state index in [-0.39, 0.29) is 11.7 Å². The lowest BCUT2D eigenvalue weighted by atomic mass is 9.82. The molecule has 98 valence electrons. The lowest BCUT2D eigenvalue weighted by Crippen LogP contribution is -2.13. The largest absolute Gasteiger partial charge is 0.289 e. The Balaban J connectivity index is 1.96. The van der Waals surface area contributed by atoms with Crippen LogP contribution in [-0.2, 0) is 0 Å². The van der Waals surface area contributed by atoms with Crippen molar-refractivity contribution in [3.05, 3.63) is 95.6 Å². The van der Waals surface area contributed by atoms with Crippen LogP contribution < -0.4 is 0 Å². The fourth-order valence-corrected chi connectivity index (χ4v) is 2.62. The molecule has 2 aromatic carbocycles. The molecular weight excluding hydrogens is 244 g/mol. The Hall–Kier alpha value is -2.41. The van der Waals surface area contributed by atoms with E-state index in [1.807, 2.05) is 60.7 Å². The summed E-state index contributed by atoms with van der Waals surface area (Å²) >= 11 is 0. The Morgan fingerprint density at radius 2 is 1.55 bits per heavy atom. The van der Waals surface area contributed by atoms with Crippen LogP contribution in [0.1, 0.15) is 28.3 Å². The number of Topliss-reactive ketones (excluding diaryl/α,β-unsaturated/α-hetero) is 1. The third-order valence-corrected chi connectivity index (χ3v) is 3.66. The molecule has 1 atom stereocenters. The Labute approximate surface area is 119 Å². The van der Waals surface area contributed by atoms with Gasteiger partial charge in [-0.2, -0.15) is 0 Å². The van der Waals surface area contributed by atoms with E-state index in [1.165, 1.54) is 5.56 Å². The van der Waals surface area contributed by atoms with Crippen LogP contribution in [0.5, 0.6) is 0 Å². The van der Waals surface area contributed by atoms with Gasteiger partial charge in [-0.3, -0.25) is 4.79 Å². The average molecular weight is 260 g/mol. The summed E-state index contributed by atoms with van der Waals surface area (Å²) in [4.78, 5) is 12.7. The van der Waals surface area contributed by atoms with E-state index < -0.39 is 0 Å². The van der Waals surface area contributed by atoms with Gasteiger partial charge in [0.25, 0.3) is 0 Å². The quantitative estimate of drug-likeness (QED) is 0.740. The van der Waals surface area contributed by atoms with Crippen LogP contribution in [0.2, 0.25) is 0 Å². The third kappa shape index (κ3) is 2.48. The first-order chi connectivity index (χ1) is 9.86. The van der Waals surface area contributed by atoms with Crippen molar-refractivity contribution in [3.63, 3.8) is 0 Å². The van der Waals surface area contributed by atoms with Crippen LogP contribution in [0.3, 0.4) is 0 Å². The minimum absolute atomic E-state index is 0.129. The highest BCUT2D eigenvalue weighted by Crippen LogP contribution is 2.33. The van der Waals surface area contributed by atoms with Crippen molar-refractivity contribution in [1.29, 1.82) is 0 Å². The summed E-state index contributed by atoms with van der Waals surface area (Å²) in [6.07, 6.45) is 6.94. The zero-order valence-electron chi connectivity index (χ0n) is 11.2. The van der Waals surface area contributed by atoms with E-state index >= 15 is 0 Å². The third-order valence-electron chi connectivity index (χ3n) is 3.66. The second kappa shape index (κ2) is 5.70. The molecule has 0 fully saturated rings. The molecule has 0 N–H and O–H groups in total. The first-order valence-electron chi connectivity index (χ1n) is 6.87. The van der Waals surface area contributed by atoms with Crippen molar-refractivity contribution in [2.75, 3.05) is 0 Å². The molecule has 0 bridgehead atoms. The van der Waals surface area contributed by atoms with Crippen molar-refractivity contribution in [1.82, 2.24) is 0 Å². The summed E-state index contributed by atoms with van der Waals surface area (Å²) in [6.45, 7) is 0. The molecule has 1 aliphatic rings. The first-order valence-corrected chi connectivity index (χ1v) is 6.87. The molecule has 2 aromatic rings. The predicted octanol–water partition coefficient (Wildman–Crippen LogP) is 4.54. The van der Waals surface area contributed by atoms with Crippen molar-refractivity contribution in [2.24, 2.45) is 0 Å². The minimum Gasteiger partial charge on any atom is -0.289 e. The van der Waals surface area contributed by atoms with E-state index in [0.29, 0.717) is 0 Å². The van der Waals surface area contributed by atoms with Gasteiger partial charge in [0.1, 0.15) is 0 Å². The molecule has 1 nitrogen and oxygen atoms in total. The molecule has 0 aliphatic heterocycles. The van der Waals surface area contributed by atoms with E-state index in [4.69, 9.17) is 0 Å². The van der Waals surface area contributed by atoms with Gasteiger partial charge in [0.05, 0.1) is 0 Å². The maximum atomic E-state index is 12.7. The molecule has 0 saturated carbocycles. The van der Waals surface area contributed by atoms with Gasteiger partial charge in [0.15, 0.2) is 5.78 Å². The van der Waals surface area contributed by atoms with Crippen LogP contribution in [0, 0.1) is 0 Å². The zero-order valence-corrected chi connectivity index (χ0v) is 11.2. The van der Waals surface area contributed by atoms with Crippen LogP contribution in [-0.4, -0.2) is 5.78 Å². The highest BCUT2D eigenvalue weighted by molar-refractivity contribution is 6.10. The summed E-state index contributed by atoms with van der Waals surface area (Å²) < 4.78 is 0. The van der Waals surface area contributed by atoms with Gasteiger partial charge in [0, 0.05) is 17.1 Å². The smallest absolute Gasteiger partial charge is 0.189 e. The van der Waals surface area contributed by atoms with Gasteiger partial charge < -0.3 is 0 Å². The fourth-order valence-electron chi connectivity index (χ4n) is 2.62. The molecule has 0 amide bonds. The monoisotopic (exact) mass is 260 g/mol. The number of hydrogen-bond donors (Lipinski definition) is 0.